The molecule has 0 saturated carbocycles. The number of hydrogen-bond acceptors (Lipinski definition) is 8. The van der Waals surface area contributed by atoms with E-state index in [9.17, 15) is 14.9 Å². The molecule has 1 amide bonds. The lowest BCUT2D eigenvalue weighted by atomic mass is 10.2. The summed E-state index contributed by atoms with van der Waals surface area (Å²) < 4.78 is 5.02. The van der Waals surface area contributed by atoms with Gasteiger partial charge in [0.15, 0.2) is 5.75 Å². The number of methoxy groups -OCH3 is 1. The maximum absolute atomic E-state index is 12.5. The van der Waals surface area contributed by atoms with Gasteiger partial charge in [0.05, 0.1) is 28.5 Å². The third kappa shape index (κ3) is 5.93. The number of piperazine rings is 1. The Morgan fingerprint density at radius 3 is 2.73 bits per heavy atom. The summed E-state index contributed by atoms with van der Waals surface area (Å²) in [6, 6.07) is 4.91. The number of nitro groups is 1. The maximum atomic E-state index is 12.5. The molecule has 162 valence electrons. The molecule has 10 heteroatoms. The van der Waals surface area contributed by atoms with E-state index in [2.05, 4.69) is 22.2 Å². The summed E-state index contributed by atoms with van der Waals surface area (Å²) in [4.78, 5) is 32.1. The summed E-state index contributed by atoms with van der Waals surface area (Å²) in [5.74, 6) is 1.27. The van der Waals surface area contributed by atoms with Gasteiger partial charge in [-0.15, -0.1) is 23.1 Å². The molecule has 0 aliphatic carbocycles. The molecule has 2 heterocycles. The van der Waals surface area contributed by atoms with Gasteiger partial charge in [-0.25, -0.2) is 4.98 Å². The number of amides is 1. The van der Waals surface area contributed by atoms with Gasteiger partial charge in [-0.1, -0.05) is 13.0 Å². The second kappa shape index (κ2) is 10.7. The fourth-order valence-electron chi connectivity index (χ4n) is 3.28. The van der Waals surface area contributed by atoms with Crippen LogP contribution < -0.4 is 4.74 Å². The quantitative estimate of drug-likeness (QED) is 0.428. The first-order valence-electron chi connectivity index (χ1n) is 9.82. The molecule has 1 fully saturated rings. The minimum atomic E-state index is -0.452. The SMILES string of the molecule is CCc1nc(CN2CCN(C(=O)CSCc3ccc(OC)c([N+](=O)[O-])c3)CC2)cs1. The van der Waals surface area contributed by atoms with Crippen molar-refractivity contribution in [1.82, 2.24) is 14.8 Å². The van der Waals surface area contributed by atoms with Crippen molar-refractivity contribution in [2.24, 2.45) is 0 Å². The Hall–Kier alpha value is -2.17. The summed E-state index contributed by atoms with van der Waals surface area (Å²) in [6.45, 7) is 6.08. The summed E-state index contributed by atoms with van der Waals surface area (Å²) in [5, 5.41) is 14.4. The molecule has 0 spiro atoms. The molecule has 1 aromatic heterocycles. The summed E-state index contributed by atoms with van der Waals surface area (Å²) in [7, 11) is 1.41. The van der Waals surface area contributed by atoms with Gasteiger partial charge < -0.3 is 9.64 Å². The molecule has 1 aliphatic heterocycles. The number of benzene rings is 1. The molecule has 0 unspecified atom stereocenters. The van der Waals surface area contributed by atoms with Crippen molar-refractivity contribution < 1.29 is 14.5 Å². The fraction of sp³-hybridized carbons (Fsp3) is 0.500. The van der Waals surface area contributed by atoms with Crippen LogP contribution in [-0.4, -0.2) is 64.7 Å². The summed E-state index contributed by atoms with van der Waals surface area (Å²) in [6.07, 6.45) is 0.967. The minimum absolute atomic E-state index is 0.0516. The average Bonchev–Trinajstić information content (AvgIpc) is 3.21. The monoisotopic (exact) mass is 450 g/mol. The van der Waals surface area contributed by atoms with E-state index in [4.69, 9.17) is 4.74 Å². The van der Waals surface area contributed by atoms with Crippen LogP contribution in [-0.2, 0) is 23.5 Å². The topological polar surface area (TPSA) is 88.8 Å². The molecule has 2 aromatic rings. The van der Waals surface area contributed by atoms with Crippen LogP contribution in [0.2, 0.25) is 0 Å². The number of thioether (sulfide) groups is 1. The standard InChI is InChI=1S/C20H26N4O4S2/c1-3-19-21-16(13-30-19)11-22-6-8-23(9-7-22)20(25)14-29-12-15-4-5-18(28-2)17(10-15)24(26)27/h4-5,10,13H,3,6-9,11-12,14H2,1-2H3. The number of hydrogen-bond donors (Lipinski definition) is 0. The van der Waals surface area contributed by atoms with Crippen LogP contribution in [0.1, 0.15) is 23.2 Å². The van der Waals surface area contributed by atoms with Gasteiger partial charge in [0.1, 0.15) is 0 Å². The fourth-order valence-corrected chi connectivity index (χ4v) is 4.89. The highest BCUT2D eigenvalue weighted by molar-refractivity contribution is 7.99. The molecule has 0 atom stereocenters. The number of carbonyl (C=O) groups is 1. The zero-order chi connectivity index (χ0) is 21.5. The number of aromatic nitrogens is 1. The average molecular weight is 451 g/mol. The van der Waals surface area contributed by atoms with E-state index in [1.165, 1.54) is 24.9 Å². The Balaban J connectivity index is 1.42. The second-order valence-electron chi connectivity index (χ2n) is 7.00. The highest BCUT2D eigenvalue weighted by Crippen LogP contribution is 2.29. The predicted molar refractivity (Wildman–Crippen MR) is 119 cm³/mol. The number of carbonyl (C=O) groups excluding carboxylic acids is 1. The van der Waals surface area contributed by atoms with E-state index in [1.54, 1.807) is 23.5 Å². The minimum Gasteiger partial charge on any atom is -0.490 e. The van der Waals surface area contributed by atoms with Crippen molar-refractivity contribution in [3.63, 3.8) is 0 Å². The lowest BCUT2D eigenvalue weighted by Gasteiger charge is -2.34. The van der Waals surface area contributed by atoms with E-state index in [1.807, 2.05) is 4.90 Å². The smallest absolute Gasteiger partial charge is 0.311 e. The molecule has 1 aliphatic rings. The van der Waals surface area contributed by atoms with Gasteiger partial charge in [0.2, 0.25) is 5.91 Å². The van der Waals surface area contributed by atoms with E-state index in [0.29, 0.717) is 11.5 Å². The number of nitro benzene ring substituents is 1. The van der Waals surface area contributed by atoms with Crippen LogP contribution in [0.5, 0.6) is 5.75 Å². The molecule has 0 radical (unpaired) electrons. The Bertz CT molecular complexity index is 881. The maximum Gasteiger partial charge on any atom is 0.311 e. The molecule has 3 rings (SSSR count). The number of rotatable bonds is 9. The van der Waals surface area contributed by atoms with Gasteiger partial charge >= 0.3 is 5.69 Å². The first-order chi connectivity index (χ1) is 14.5. The number of ether oxygens (including phenoxy) is 1. The lowest BCUT2D eigenvalue weighted by molar-refractivity contribution is -0.385. The van der Waals surface area contributed by atoms with Crippen molar-refractivity contribution in [3.05, 3.63) is 50.0 Å². The van der Waals surface area contributed by atoms with Gasteiger partial charge in [-0.05, 0) is 18.1 Å². The van der Waals surface area contributed by atoms with Gasteiger partial charge in [-0.3, -0.25) is 19.8 Å². The van der Waals surface area contributed by atoms with Gasteiger partial charge in [0, 0.05) is 49.9 Å². The van der Waals surface area contributed by atoms with Crippen LogP contribution in [0.3, 0.4) is 0 Å². The third-order valence-corrected chi connectivity index (χ3v) is 6.98. The zero-order valence-electron chi connectivity index (χ0n) is 17.2. The first kappa shape index (κ1) is 22.5. The van der Waals surface area contributed by atoms with Crippen LogP contribution in [0.15, 0.2) is 23.6 Å². The first-order valence-corrected chi connectivity index (χ1v) is 11.9. The Morgan fingerprint density at radius 2 is 2.10 bits per heavy atom. The van der Waals surface area contributed by atoms with Gasteiger partial charge in [0.25, 0.3) is 0 Å². The Morgan fingerprint density at radius 1 is 1.33 bits per heavy atom. The highest BCUT2D eigenvalue weighted by atomic mass is 32.2. The van der Waals surface area contributed by atoms with Crippen molar-refractivity contribution in [3.8, 4) is 5.75 Å². The molecule has 30 heavy (non-hydrogen) atoms. The lowest BCUT2D eigenvalue weighted by Crippen LogP contribution is -2.48. The van der Waals surface area contributed by atoms with Crippen LogP contribution in [0.4, 0.5) is 5.69 Å². The molecule has 1 saturated heterocycles. The van der Waals surface area contributed by atoms with E-state index in [-0.39, 0.29) is 17.3 Å². The molecular weight excluding hydrogens is 424 g/mol. The van der Waals surface area contributed by atoms with Crippen molar-refractivity contribution in [2.45, 2.75) is 25.6 Å². The predicted octanol–water partition coefficient (Wildman–Crippen LogP) is 3.20. The van der Waals surface area contributed by atoms with Crippen molar-refractivity contribution in [2.75, 3.05) is 39.0 Å². The summed E-state index contributed by atoms with van der Waals surface area (Å²) >= 11 is 3.18. The second-order valence-corrected chi connectivity index (χ2v) is 8.93. The summed E-state index contributed by atoms with van der Waals surface area (Å²) in [5.41, 5.74) is 1.87. The number of aryl methyl sites for hydroxylation is 1. The molecule has 1 aromatic carbocycles. The third-order valence-electron chi connectivity index (χ3n) is 4.95. The zero-order valence-corrected chi connectivity index (χ0v) is 18.8. The molecule has 0 N–H and O–H groups in total. The van der Waals surface area contributed by atoms with E-state index < -0.39 is 4.92 Å². The largest absolute Gasteiger partial charge is 0.490 e. The van der Waals surface area contributed by atoms with Crippen LogP contribution >= 0.6 is 23.1 Å². The number of thiazole rings is 1. The Kier molecular flexibility index (Phi) is 8.06. The molecular formula is C20H26N4O4S2. The van der Waals surface area contributed by atoms with Gasteiger partial charge in [-0.2, -0.15) is 0 Å². The van der Waals surface area contributed by atoms with Crippen molar-refractivity contribution >= 4 is 34.7 Å². The highest BCUT2D eigenvalue weighted by Gasteiger charge is 2.22. The molecule has 8 nitrogen and oxygen atoms in total. The van der Waals surface area contributed by atoms with Crippen LogP contribution in [0, 0.1) is 10.1 Å². The number of nitrogens with zero attached hydrogens (tertiary/aromatic N) is 4. The van der Waals surface area contributed by atoms with Crippen molar-refractivity contribution in [1.29, 1.82) is 0 Å². The van der Waals surface area contributed by atoms with E-state index in [0.717, 1.165) is 55.4 Å². The molecule has 0 bridgehead atoms. The Labute approximate surface area is 184 Å². The van der Waals surface area contributed by atoms with Crippen LogP contribution in [0.25, 0.3) is 0 Å². The normalized spacial score (nSPS) is 14.7. The van der Waals surface area contributed by atoms with E-state index >= 15 is 0 Å².